The van der Waals surface area contributed by atoms with E-state index in [0.29, 0.717) is 31.3 Å². The average molecular weight is 330 g/mol. The van der Waals surface area contributed by atoms with Gasteiger partial charge in [0, 0.05) is 37.9 Å². The molecule has 128 valence electrons. The molecule has 0 unspecified atom stereocenters. The molecule has 3 rings (SSSR count). The number of hydrogen-bond donors (Lipinski definition) is 1. The molecule has 24 heavy (non-hydrogen) atoms. The first-order valence-electron chi connectivity index (χ1n) is 8.19. The maximum atomic E-state index is 12.6. The highest BCUT2D eigenvalue weighted by atomic mass is 16.2. The molecule has 1 aliphatic rings. The van der Waals surface area contributed by atoms with Gasteiger partial charge in [-0.15, -0.1) is 5.10 Å². The number of carbonyl (C=O) groups excluding carboxylic acids is 2. The average Bonchev–Trinajstić information content (AvgIpc) is 2.97. The lowest BCUT2D eigenvalue weighted by Crippen LogP contribution is -2.41. The lowest BCUT2D eigenvalue weighted by molar-refractivity contribution is -0.119. The van der Waals surface area contributed by atoms with Gasteiger partial charge in [-0.2, -0.15) is 4.98 Å². The Balaban J connectivity index is 1.67. The molecule has 0 atom stereocenters. The normalized spacial score (nSPS) is 15.7. The van der Waals surface area contributed by atoms with Gasteiger partial charge < -0.3 is 10.2 Å². The number of aromatic nitrogens is 4. The number of aryl methyl sites for hydroxylation is 2. The summed E-state index contributed by atoms with van der Waals surface area (Å²) >= 11 is 0. The van der Waals surface area contributed by atoms with E-state index in [4.69, 9.17) is 0 Å². The smallest absolute Gasteiger partial charge is 0.293 e. The van der Waals surface area contributed by atoms with Crippen LogP contribution < -0.4 is 5.32 Å². The van der Waals surface area contributed by atoms with Crippen LogP contribution in [0.2, 0.25) is 0 Å². The molecule has 0 aromatic carbocycles. The minimum Gasteiger partial charge on any atom is -0.356 e. The number of fused-ring (bicyclic) bond motifs is 1. The molecule has 8 heteroatoms. The van der Waals surface area contributed by atoms with Crippen molar-refractivity contribution in [1.29, 1.82) is 0 Å². The van der Waals surface area contributed by atoms with Gasteiger partial charge in [-0.05, 0) is 38.7 Å². The third-order valence-corrected chi connectivity index (χ3v) is 4.35. The van der Waals surface area contributed by atoms with Crippen molar-refractivity contribution in [1.82, 2.24) is 29.8 Å². The Labute approximate surface area is 140 Å². The summed E-state index contributed by atoms with van der Waals surface area (Å²) in [6.45, 7) is 7.31. The van der Waals surface area contributed by atoms with Crippen molar-refractivity contribution in [3.8, 4) is 0 Å². The Morgan fingerprint density at radius 1 is 1.25 bits per heavy atom. The minimum absolute atomic E-state index is 0.0134. The molecular weight excluding hydrogens is 308 g/mol. The van der Waals surface area contributed by atoms with Crippen molar-refractivity contribution >= 4 is 17.6 Å². The SMILES string of the molecule is CC(=O)NCC1CCN(C(=O)c2nc3nc(C)cc(C)n3n2)CC1. The summed E-state index contributed by atoms with van der Waals surface area (Å²) in [5.74, 6) is 0.891. The van der Waals surface area contributed by atoms with Gasteiger partial charge in [0.05, 0.1) is 0 Å². The van der Waals surface area contributed by atoms with Crippen LogP contribution in [0.4, 0.5) is 0 Å². The molecule has 0 bridgehead atoms. The van der Waals surface area contributed by atoms with Gasteiger partial charge in [0.25, 0.3) is 11.7 Å². The van der Waals surface area contributed by atoms with Gasteiger partial charge >= 0.3 is 0 Å². The largest absolute Gasteiger partial charge is 0.356 e. The molecule has 1 N–H and O–H groups in total. The standard InChI is InChI=1S/C16H22N6O2/c1-10-8-11(2)22-16(18-10)19-14(20-22)15(24)21-6-4-13(5-7-21)9-17-12(3)23/h8,13H,4-7,9H2,1-3H3,(H,17,23). The topological polar surface area (TPSA) is 92.5 Å². The highest BCUT2D eigenvalue weighted by Gasteiger charge is 2.26. The van der Waals surface area contributed by atoms with E-state index in [9.17, 15) is 9.59 Å². The molecule has 1 aliphatic heterocycles. The molecule has 0 saturated carbocycles. The molecule has 2 aromatic heterocycles. The first kappa shape index (κ1) is 16.4. The first-order valence-corrected chi connectivity index (χ1v) is 8.19. The van der Waals surface area contributed by atoms with Gasteiger partial charge in [0.15, 0.2) is 0 Å². The Hall–Kier alpha value is -2.51. The van der Waals surface area contributed by atoms with E-state index in [0.717, 1.165) is 24.2 Å². The van der Waals surface area contributed by atoms with Crippen molar-refractivity contribution in [2.24, 2.45) is 5.92 Å². The molecule has 3 heterocycles. The molecule has 2 amide bonds. The predicted molar refractivity (Wildman–Crippen MR) is 87.6 cm³/mol. The lowest BCUT2D eigenvalue weighted by Gasteiger charge is -2.31. The predicted octanol–water partition coefficient (Wildman–Crippen LogP) is 0.729. The quantitative estimate of drug-likeness (QED) is 0.895. The molecule has 0 aliphatic carbocycles. The summed E-state index contributed by atoms with van der Waals surface area (Å²) < 4.78 is 1.60. The maximum absolute atomic E-state index is 12.6. The third-order valence-electron chi connectivity index (χ3n) is 4.35. The third kappa shape index (κ3) is 3.37. The van der Waals surface area contributed by atoms with Crippen molar-refractivity contribution in [2.45, 2.75) is 33.6 Å². The molecule has 2 aromatic rings. The summed E-state index contributed by atoms with van der Waals surface area (Å²) in [6, 6.07) is 1.91. The van der Waals surface area contributed by atoms with E-state index in [2.05, 4.69) is 20.4 Å². The second-order valence-electron chi connectivity index (χ2n) is 6.36. The van der Waals surface area contributed by atoms with Crippen LogP contribution in [0.5, 0.6) is 0 Å². The summed E-state index contributed by atoms with van der Waals surface area (Å²) in [5.41, 5.74) is 1.75. The lowest BCUT2D eigenvalue weighted by atomic mass is 9.96. The van der Waals surface area contributed by atoms with Crippen LogP contribution in [0, 0.1) is 19.8 Å². The van der Waals surface area contributed by atoms with Crippen LogP contribution in [0.3, 0.4) is 0 Å². The molecule has 8 nitrogen and oxygen atoms in total. The zero-order valence-corrected chi connectivity index (χ0v) is 14.2. The van der Waals surface area contributed by atoms with Crippen molar-refractivity contribution in [2.75, 3.05) is 19.6 Å². The Bertz CT molecular complexity index is 776. The van der Waals surface area contributed by atoms with E-state index in [-0.39, 0.29) is 17.6 Å². The van der Waals surface area contributed by atoms with Gasteiger partial charge in [0.1, 0.15) is 0 Å². The Kier molecular flexibility index (Phi) is 4.46. The minimum atomic E-state index is -0.157. The van der Waals surface area contributed by atoms with Gasteiger partial charge in [-0.25, -0.2) is 9.50 Å². The van der Waals surface area contributed by atoms with E-state index < -0.39 is 0 Å². The number of hydrogen-bond acceptors (Lipinski definition) is 5. The number of rotatable bonds is 3. The zero-order valence-electron chi connectivity index (χ0n) is 14.2. The van der Waals surface area contributed by atoms with Crippen LogP contribution >= 0.6 is 0 Å². The van der Waals surface area contributed by atoms with Crippen molar-refractivity contribution in [3.63, 3.8) is 0 Å². The van der Waals surface area contributed by atoms with Crippen molar-refractivity contribution < 1.29 is 9.59 Å². The van der Waals surface area contributed by atoms with Crippen LogP contribution in [-0.2, 0) is 4.79 Å². The van der Waals surface area contributed by atoms with E-state index in [1.165, 1.54) is 6.92 Å². The van der Waals surface area contributed by atoms with Crippen LogP contribution in [0.1, 0.15) is 41.8 Å². The molecule has 0 radical (unpaired) electrons. The molecular formula is C16H22N6O2. The number of carbonyl (C=O) groups is 2. The Morgan fingerprint density at radius 2 is 1.96 bits per heavy atom. The van der Waals surface area contributed by atoms with Crippen molar-refractivity contribution in [3.05, 3.63) is 23.3 Å². The molecule has 1 fully saturated rings. The molecule has 1 saturated heterocycles. The van der Waals surface area contributed by atoms with E-state index in [1.807, 2.05) is 19.9 Å². The number of nitrogens with zero attached hydrogens (tertiary/aromatic N) is 5. The summed E-state index contributed by atoms with van der Waals surface area (Å²) in [7, 11) is 0. The fourth-order valence-corrected chi connectivity index (χ4v) is 3.03. The highest BCUT2D eigenvalue weighted by Crippen LogP contribution is 2.18. The number of amides is 2. The number of nitrogens with one attached hydrogen (secondary N) is 1. The van der Waals surface area contributed by atoms with Gasteiger partial charge in [-0.3, -0.25) is 9.59 Å². The van der Waals surface area contributed by atoms with Gasteiger partial charge in [-0.1, -0.05) is 0 Å². The number of piperidine rings is 1. The molecule has 0 spiro atoms. The maximum Gasteiger partial charge on any atom is 0.293 e. The summed E-state index contributed by atoms with van der Waals surface area (Å²) in [4.78, 5) is 34.0. The summed E-state index contributed by atoms with van der Waals surface area (Å²) in [5, 5.41) is 7.14. The first-order chi connectivity index (χ1) is 11.4. The zero-order chi connectivity index (χ0) is 17.3. The van der Waals surface area contributed by atoms with Crippen LogP contribution in [0.15, 0.2) is 6.07 Å². The second kappa shape index (κ2) is 6.54. The van der Waals surface area contributed by atoms with E-state index >= 15 is 0 Å². The van der Waals surface area contributed by atoms with E-state index in [1.54, 1.807) is 9.42 Å². The highest BCUT2D eigenvalue weighted by molar-refractivity contribution is 5.91. The van der Waals surface area contributed by atoms with Crippen LogP contribution in [-0.4, -0.2) is 55.9 Å². The second-order valence-corrected chi connectivity index (χ2v) is 6.36. The van der Waals surface area contributed by atoms with Crippen LogP contribution in [0.25, 0.3) is 5.78 Å². The monoisotopic (exact) mass is 330 g/mol. The number of likely N-dealkylation sites (tertiary alicyclic amines) is 1. The fraction of sp³-hybridized carbons (Fsp3) is 0.562. The summed E-state index contributed by atoms with van der Waals surface area (Å²) in [6.07, 6.45) is 1.74. The van der Waals surface area contributed by atoms with Gasteiger partial charge in [0.2, 0.25) is 11.7 Å². The fourth-order valence-electron chi connectivity index (χ4n) is 3.03. The Morgan fingerprint density at radius 3 is 2.62 bits per heavy atom.